The number of carboxylic acids is 1. The third-order valence-corrected chi connectivity index (χ3v) is 3.66. The van der Waals surface area contributed by atoms with Crippen LogP contribution in [0.2, 0.25) is 0 Å². The van der Waals surface area contributed by atoms with Crippen molar-refractivity contribution in [1.82, 2.24) is 4.90 Å². The first kappa shape index (κ1) is 9.00. The molecule has 0 spiro atoms. The van der Waals surface area contributed by atoms with E-state index in [0.717, 1.165) is 6.54 Å². The second-order valence-corrected chi connectivity index (χ2v) is 4.47. The molecule has 0 radical (unpaired) electrons. The van der Waals surface area contributed by atoms with Gasteiger partial charge in [-0.25, -0.2) is 0 Å². The molecule has 0 aromatic carbocycles. The second-order valence-electron chi connectivity index (χ2n) is 4.47. The van der Waals surface area contributed by atoms with E-state index >= 15 is 0 Å². The van der Waals surface area contributed by atoms with Crippen molar-refractivity contribution in [2.24, 2.45) is 11.8 Å². The maximum Gasteiger partial charge on any atom is 0.308 e. The maximum absolute atomic E-state index is 10.9. The van der Waals surface area contributed by atoms with E-state index in [2.05, 4.69) is 18.7 Å². The lowest BCUT2D eigenvalue weighted by Crippen LogP contribution is -2.31. The zero-order chi connectivity index (χ0) is 9.59. The minimum Gasteiger partial charge on any atom is -0.481 e. The molecule has 3 heteroatoms. The number of rotatable bonds is 2. The van der Waals surface area contributed by atoms with E-state index in [0.29, 0.717) is 18.0 Å². The Bertz CT molecular complexity index is 225. The summed E-state index contributed by atoms with van der Waals surface area (Å²) in [6, 6.07) is 1.15. The number of carboxylic acid groups (broad SMARTS) is 1. The van der Waals surface area contributed by atoms with Gasteiger partial charge in [0.25, 0.3) is 0 Å². The predicted octanol–water partition coefficient (Wildman–Crippen LogP) is 1.19. The van der Waals surface area contributed by atoms with Gasteiger partial charge in [-0.1, -0.05) is 6.92 Å². The first-order valence-electron chi connectivity index (χ1n) is 5.10. The van der Waals surface area contributed by atoms with Gasteiger partial charge in [0.05, 0.1) is 5.92 Å². The lowest BCUT2D eigenvalue weighted by Gasteiger charge is -2.21. The van der Waals surface area contributed by atoms with Crippen LogP contribution in [0.15, 0.2) is 0 Å². The van der Waals surface area contributed by atoms with Gasteiger partial charge in [-0.2, -0.15) is 0 Å². The largest absolute Gasteiger partial charge is 0.481 e. The predicted molar refractivity (Wildman–Crippen MR) is 49.5 cm³/mol. The van der Waals surface area contributed by atoms with E-state index in [1.54, 1.807) is 0 Å². The third kappa shape index (κ3) is 1.46. The van der Waals surface area contributed by atoms with Gasteiger partial charge < -0.3 is 5.11 Å². The zero-order valence-electron chi connectivity index (χ0n) is 8.23. The SMILES string of the molecule is CC1C(C(=O)O)CN(C2CC2)C1C. The van der Waals surface area contributed by atoms with Crippen molar-refractivity contribution in [1.29, 1.82) is 0 Å². The Labute approximate surface area is 78.7 Å². The molecule has 1 heterocycles. The summed E-state index contributed by atoms with van der Waals surface area (Å²) in [6.07, 6.45) is 2.53. The van der Waals surface area contributed by atoms with Crippen molar-refractivity contribution in [3.8, 4) is 0 Å². The number of carbonyl (C=O) groups is 1. The Morgan fingerprint density at radius 1 is 1.38 bits per heavy atom. The van der Waals surface area contributed by atoms with E-state index in [1.807, 2.05) is 0 Å². The van der Waals surface area contributed by atoms with Gasteiger partial charge >= 0.3 is 5.97 Å². The van der Waals surface area contributed by atoms with Crippen molar-refractivity contribution in [2.45, 2.75) is 38.8 Å². The van der Waals surface area contributed by atoms with E-state index in [-0.39, 0.29) is 5.92 Å². The molecule has 3 atom stereocenters. The highest BCUT2D eigenvalue weighted by atomic mass is 16.4. The highest BCUT2D eigenvalue weighted by molar-refractivity contribution is 5.71. The van der Waals surface area contributed by atoms with Crippen LogP contribution in [0.25, 0.3) is 0 Å². The van der Waals surface area contributed by atoms with Crippen LogP contribution in [0.4, 0.5) is 0 Å². The molecule has 0 aromatic rings. The average Bonchev–Trinajstić information content (AvgIpc) is 2.83. The molecular formula is C10H17NO2. The molecule has 1 aliphatic heterocycles. The summed E-state index contributed by atoms with van der Waals surface area (Å²) < 4.78 is 0. The molecule has 0 amide bonds. The van der Waals surface area contributed by atoms with Gasteiger partial charge in [0.1, 0.15) is 0 Å². The van der Waals surface area contributed by atoms with Crippen LogP contribution < -0.4 is 0 Å². The first-order valence-corrected chi connectivity index (χ1v) is 5.10. The fourth-order valence-corrected chi connectivity index (χ4v) is 2.39. The molecule has 2 aliphatic rings. The van der Waals surface area contributed by atoms with E-state index in [9.17, 15) is 4.79 Å². The van der Waals surface area contributed by atoms with Crippen molar-refractivity contribution >= 4 is 5.97 Å². The topological polar surface area (TPSA) is 40.5 Å². The Morgan fingerprint density at radius 3 is 2.38 bits per heavy atom. The molecule has 1 N–H and O–H groups in total. The van der Waals surface area contributed by atoms with Gasteiger partial charge in [0.2, 0.25) is 0 Å². The molecule has 1 aliphatic carbocycles. The zero-order valence-corrected chi connectivity index (χ0v) is 8.23. The summed E-state index contributed by atoms with van der Waals surface area (Å²) in [5.41, 5.74) is 0. The van der Waals surface area contributed by atoms with Crippen molar-refractivity contribution in [3.05, 3.63) is 0 Å². The van der Waals surface area contributed by atoms with Gasteiger partial charge in [-0.15, -0.1) is 0 Å². The normalized spacial score (nSPS) is 40.9. The molecule has 3 nitrogen and oxygen atoms in total. The van der Waals surface area contributed by atoms with Crippen LogP contribution in [-0.2, 0) is 4.79 Å². The van der Waals surface area contributed by atoms with E-state index < -0.39 is 5.97 Å². The number of hydrogen-bond acceptors (Lipinski definition) is 2. The lowest BCUT2D eigenvalue weighted by atomic mass is 9.94. The molecular weight excluding hydrogens is 166 g/mol. The van der Waals surface area contributed by atoms with Gasteiger partial charge in [0, 0.05) is 18.6 Å². The van der Waals surface area contributed by atoms with Crippen molar-refractivity contribution in [2.75, 3.05) is 6.54 Å². The summed E-state index contributed by atoms with van der Waals surface area (Å²) in [4.78, 5) is 13.3. The van der Waals surface area contributed by atoms with Gasteiger partial charge in [-0.05, 0) is 25.7 Å². The summed E-state index contributed by atoms with van der Waals surface area (Å²) in [7, 11) is 0. The van der Waals surface area contributed by atoms with Crippen molar-refractivity contribution in [3.63, 3.8) is 0 Å². The molecule has 1 saturated heterocycles. The molecule has 1 saturated carbocycles. The summed E-state index contributed by atoms with van der Waals surface area (Å²) in [5.74, 6) is -0.462. The molecule has 74 valence electrons. The lowest BCUT2D eigenvalue weighted by molar-refractivity contribution is -0.142. The van der Waals surface area contributed by atoms with E-state index in [1.165, 1.54) is 12.8 Å². The van der Waals surface area contributed by atoms with Crippen LogP contribution in [0, 0.1) is 11.8 Å². The average molecular weight is 183 g/mol. The van der Waals surface area contributed by atoms with Crippen molar-refractivity contribution < 1.29 is 9.90 Å². The standard InChI is InChI=1S/C10H17NO2/c1-6-7(2)11(8-3-4-8)5-9(6)10(12)13/h6-9H,3-5H2,1-2H3,(H,12,13). The second kappa shape index (κ2) is 2.98. The molecule has 0 bridgehead atoms. The Hall–Kier alpha value is -0.570. The first-order chi connectivity index (χ1) is 6.11. The maximum atomic E-state index is 10.9. The smallest absolute Gasteiger partial charge is 0.308 e. The highest BCUT2D eigenvalue weighted by Crippen LogP contribution is 2.38. The molecule has 2 fully saturated rings. The van der Waals surface area contributed by atoms with Crippen LogP contribution in [0.1, 0.15) is 26.7 Å². The highest BCUT2D eigenvalue weighted by Gasteiger charge is 2.45. The Morgan fingerprint density at radius 2 is 2.00 bits per heavy atom. The van der Waals surface area contributed by atoms with Gasteiger partial charge in [-0.3, -0.25) is 9.69 Å². The number of aliphatic carboxylic acids is 1. The Kier molecular flexibility index (Phi) is 2.06. The van der Waals surface area contributed by atoms with Gasteiger partial charge in [0.15, 0.2) is 0 Å². The molecule has 0 aromatic heterocycles. The summed E-state index contributed by atoms with van der Waals surface area (Å²) in [6.45, 7) is 4.99. The third-order valence-electron chi connectivity index (χ3n) is 3.66. The molecule has 2 rings (SSSR count). The minimum absolute atomic E-state index is 0.143. The minimum atomic E-state index is -0.623. The molecule has 3 unspecified atom stereocenters. The molecule has 13 heavy (non-hydrogen) atoms. The number of hydrogen-bond donors (Lipinski definition) is 1. The van der Waals surface area contributed by atoms with E-state index in [4.69, 9.17) is 5.11 Å². The van der Waals surface area contributed by atoms with Crippen LogP contribution in [0.5, 0.6) is 0 Å². The Balaban J connectivity index is 2.06. The quantitative estimate of drug-likeness (QED) is 0.699. The van der Waals surface area contributed by atoms with Crippen LogP contribution in [-0.4, -0.2) is 34.6 Å². The van der Waals surface area contributed by atoms with Crippen LogP contribution in [0.3, 0.4) is 0 Å². The monoisotopic (exact) mass is 183 g/mol. The summed E-state index contributed by atoms with van der Waals surface area (Å²) >= 11 is 0. The number of nitrogens with zero attached hydrogens (tertiary/aromatic N) is 1. The fraction of sp³-hybridized carbons (Fsp3) is 0.900. The number of likely N-dealkylation sites (tertiary alicyclic amines) is 1. The fourth-order valence-electron chi connectivity index (χ4n) is 2.39. The van der Waals surface area contributed by atoms with Crippen LogP contribution >= 0.6 is 0 Å². The summed E-state index contributed by atoms with van der Waals surface area (Å²) in [5, 5.41) is 8.99.